The molecule has 10 heteroatoms. The Labute approximate surface area is 208 Å². The summed E-state index contributed by atoms with van der Waals surface area (Å²) in [6.07, 6.45) is 12.8. The molecular weight excluding hydrogens is 460 g/mol. The minimum absolute atomic E-state index is 0.0529. The first-order valence-corrected chi connectivity index (χ1v) is 12.8. The molecule has 0 aromatic rings. The van der Waals surface area contributed by atoms with E-state index in [1.54, 1.807) is 0 Å². The maximum absolute atomic E-state index is 12.0. The number of carboxylic acids is 2. The average Bonchev–Trinajstić information content (AvgIpc) is 2.76. The fourth-order valence-corrected chi connectivity index (χ4v) is 3.57. The maximum atomic E-state index is 12.0. The van der Waals surface area contributed by atoms with Crippen LogP contribution in [0.25, 0.3) is 0 Å². The van der Waals surface area contributed by atoms with Crippen molar-refractivity contribution in [3.8, 4) is 0 Å². The van der Waals surface area contributed by atoms with Crippen molar-refractivity contribution in [3.63, 3.8) is 0 Å². The van der Waals surface area contributed by atoms with Crippen molar-refractivity contribution >= 4 is 41.5 Å². The number of thiol groups is 1. The highest BCUT2D eigenvalue weighted by molar-refractivity contribution is 7.96. The van der Waals surface area contributed by atoms with Gasteiger partial charge < -0.3 is 20.8 Å². The van der Waals surface area contributed by atoms with Crippen LogP contribution >= 0.6 is 12.6 Å². The second-order valence-corrected chi connectivity index (χ2v) is 9.20. The van der Waals surface area contributed by atoms with Gasteiger partial charge in [-0.05, 0) is 26.2 Å². The normalized spacial score (nSPS) is 12.5. The monoisotopic (exact) mass is 502 g/mol. The van der Waals surface area contributed by atoms with Gasteiger partial charge in [-0.25, -0.2) is 4.79 Å². The van der Waals surface area contributed by atoms with Crippen molar-refractivity contribution in [2.24, 2.45) is 0 Å². The second kappa shape index (κ2) is 20.3. The number of hydrogen-bond donors (Lipinski definition) is 5. The fourth-order valence-electron chi connectivity index (χ4n) is 3.50. The highest BCUT2D eigenvalue weighted by Crippen LogP contribution is 2.13. The number of unbranched alkanes of at least 4 members (excludes halogenated alkanes) is 11. The quantitative estimate of drug-likeness (QED) is 0.111. The number of hydrogen-bond acceptors (Lipinski definition) is 5. The van der Waals surface area contributed by atoms with Crippen molar-refractivity contribution in [2.45, 2.75) is 122 Å². The molecule has 0 aromatic carbocycles. The van der Waals surface area contributed by atoms with E-state index in [9.17, 15) is 29.1 Å². The fraction of sp³-hybridized carbons (Fsp3) is 0.792. The number of amides is 2. The SMILES string of the molecule is CC(NC(=O)CC[C@H](NC(=O)CCCCCCCCCCCCCCC(=O)O)C(=O)O)C(=O)S. The van der Waals surface area contributed by atoms with Gasteiger partial charge in [0.15, 0.2) is 0 Å². The van der Waals surface area contributed by atoms with Crippen LogP contribution in [0.1, 0.15) is 110 Å². The van der Waals surface area contributed by atoms with Crippen molar-refractivity contribution in [1.82, 2.24) is 10.6 Å². The van der Waals surface area contributed by atoms with Gasteiger partial charge >= 0.3 is 11.9 Å². The molecule has 0 fully saturated rings. The Hall–Kier alpha value is -2.10. The van der Waals surface area contributed by atoms with E-state index in [0.29, 0.717) is 6.42 Å². The number of carboxylic acid groups (broad SMARTS) is 2. The molecule has 196 valence electrons. The van der Waals surface area contributed by atoms with Crippen LogP contribution in [0.3, 0.4) is 0 Å². The first-order valence-electron chi connectivity index (χ1n) is 12.4. The van der Waals surface area contributed by atoms with Crippen LogP contribution in [0.5, 0.6) is 0 Å². The maximum Gasteiger partial charge on any atom is 0.326 e. The second-order valence-electron chi connectivity index (χ2n) is 8.76. The predicted molar refractivity (Wildman–Crippen MR) is 133 cm³/mol. The van der Waals surface area contributed by atoms with Crippen LogP contribution in [0.2, 0.25) is 0 Å². The van der Waals surface area contributed by atoms with Crippen molar-refractivity contribution in [1.29, 1.82) is 0 Å². The summed E-state index contributed by atoms with van der Waals surface area (Å²) >= 11 is 3.63. The Morgan fingerprint density at radius 3 is 1.47 bits per heavy atom. The summed E-state index contributed by atoms with van der Waals surface area (Å²) in [5.41, 5.74) is 0. The Morgan fingerprint density at radius 1 is 0.647 bits per heavy atom. The molecule has 0 aliphatic carbocycles. The van der Waals surface area contributed by atoms with Crippen LogP contribution in [0.4, 0.5) is 0 Å². The summed E-state index contributed by atoms with van der Waals surface area (Å²) in [7, 11) is 0. The van der Waals surface area contributed by atoms with Gasteiger partial charge in [0.25, 0.3) is 0 Å². The minimum Gasteiger partial charge on any atom is -0.481 e. The molecule has 2 amide bonds. The van der Waals surface area contributed by atoms with E-state index < -0.39 is 35.0 Å². The van der Waals surface area contributed by atoms with Gasteiger partial charge in [0.2, 0.25) is 16.9 Å². The summed E-state index contributed by atoms with van der Waals surface area (Å²) in [5.74, 6) is -2.72. The first-order chi connectivity index (χ1) is 16.1. The lowest BCUT2D eigenvalue weighted by molar-refractivity contribution is -0.142. The zero-order valence-electron chi connectivity index (χ0n) is 20.4. The molecule has 0 saturated carbocycles. The van der Waals surface area contributed by atoms with E-state index in [-0.39, 0.29) is 31.6 Å². The smallest absolute Gasteiger partial charge is 0.326 e. The topological polar surface area (TPSA) is 150 Å². The molecule has 0 aliphatic rings. The number of aliphatic carboxylic acids is 2. The lowest BCUT2D eigenvalue weighted by Crippen LogP contribution is -2.42. The van der Waals surface area contributed by atoms with Crippen molar-refractivity contribution < 1.29 is 34.2 Å². The lowest BCUT2D eigenvalue weighted by Gasteiger charge is -2.15. The molecule has 4 N–H and O–H groups in total. The van der Waals surface area contributed by atoms with Crippen LogP contribution in [-0.2, 0) is 24.0 Å². The highest BCUT2D eigenvalue weighted by atomic mass is 32.1. The highest BCUT2D eigenvalue weighted by Gasteiger charge is 2.21. The van der Waals surface area contributed by atoms with Crippen molar-refractivity contribution in [3.05, 3.63) is 0 Å². The Morgan fingerprint density at radius 2 is 1.06 bits per heavy atom. The third-order valence-electron chi connectivity index (χ3n) is 5.59. The van der Waals surface area contributed by atoms with Gasteiger partial charge in [-0.1, -0.05) is 64.2 Å². The van der Waals surface area contributed by atoms with Crippen LogP contribution in [-0.4, -0.2) is 51.2 Å². The molecule has 34 heavy (non-hydrogen) atoms. The molecular formula is C24H42N2O7S. The number of carbonyl (C=O) groups excluding carboxylic acids is 3. The van der Waals surface area contributed by atoms with E-state index in [0.717, 1.165) is 51.4 Å². The summed E-state index contributed by atoms with van der Waals surface area (Å²) in [6.45, 7) is 1.49. The molecule has 0 spiro atoms. The van der Waals surface area contributed by atoms with Gasteiger partial charge in [0.1, 0.15) is 6.04 Å². The molecule has 0 bridgehead atoms. The number of nitrogens with one attached hydrogen (secondary N) is 2. The standard InChI is InChI=1S/C24H42N2O7S/c1-18(24(33)34)25-21(28)17-16-19(23(31)32)26-20(27)14-12-10-8-6-4-2-3-5-7-9-11-13-15-22(29)30/h18-19H,2-17H2,1H3,(H,25,28)(H,26,27)(H,29,30)(H,31,32)(H,33,34)/t18?,19-/m0/s1. The van der Waals surface area contributed by atoms with Gasteiger partial charge in [-0.3, -0.25) is 19.2 Å². The van der Waals surface area contributed by atoms with E-state index in [1.807, 2.05) is 0 Å². The molecule has 1 unspecified atom stereocenters. The van der Waals surface area contributed by atoms with Gasteiger partial charge in [-0.2, -0.15) is 0 Å². The van der Waals surface area contributed by atoms with E-state index in [2.05, 4.69) is 23.3 Å². The van der Waals surface area contributed by atoms with Gasteiger partial charge in [0.05, 0.1) is 6.04 Å². The van der Waals surface area contributed by atoms with E-state index >= 15 is 0 Å². The predicted octanol–water partition coefficient (Wildman–Crippen LogP) is 3.84. The Bertz CT molecular complexity index is 643. The zero-order chi connectivity index (χ0) is 25.8. The third-order valence-corrected chi connectivity index (χ3v) is 5.97. The van der Waals surface area contributed by atoms with Crippen molar-refractivity contribution in [2.75, 3.05) is 0 Å². The molecule has 2 atom stereocenters. The summed E-state index contributed by atoms with van der Waals surface area (Å²) in [4.78, 5) is 56.6. The van der Waals surface area contributed by atoms with Crippen LogP contribution in [0.15, 0.2) is 0 Å². The van der Waals surface area contributed by atoms with Crippen LogP contribution in [0, 0.1) is 0 Å². The molecule has 0 aromatic heterocycles. The first kappa shape index (κ1) is 31.9. The average molecular weight is 503 g/mol. The molecule has 0 radical (unpaired) electrons. The summed E-state index contributed by atoms with van der Waals surface area (Å²) in [6, 6.07) is -1.90. The largest absolute Gasteiger partial charge is 0.481 e. The van der Waals surface area contributed by atoms with E-state index in [1.165, 1.54) is 26.2 Å². The Balaban J connectivity index is 3.74. The van der Waals surface area contributed by atoms with Gasteiger partial charge in [-0.15, -0.1) is 12.6 Å². The molecule has 0 rings (SSSR count). The molecule has 0 heterocycles. The molecule has 0 aliphatic heterocycles. The molecule has 9 nitrogen and oxygen atoms in total. The van der Waals surface area contributed by atoms with E-state index in [4.69, 9.17) is 5.11 Å². The summed E-state index contributed by atoms with van der Waals surface area (Å²) < 4.78 is 0. The minimum atomic E-state index is -1.19. The lowest BCUT2D eigenvalue weighted by atomic mass is 10.0. The third kappa shape index (κ3) is 19.4. The molecule has 0 saturated heterocycles. The van der Waals surface area contributed by atoms with Crippen LogP contribution < -0.4 is 10.6 Å². The van der Waals surface area contributed by atoms with Gasteiger partial charge in [0, 0.05) is 19.3 Å². The zero-order valence-corrected chi connectivity index (χ0v) is 21.2. The Kier molecular flexibility index (Phi) is 19.0. The number of carbonyl (C=O) groups is 5. The summed E-state index contributed by atoms with van der Waals surface area (Å²) in [5, 5.41) is 22.3. The number of rotatable bonds is 22.